The van der Waals surface area contributed by atoms with Gasteiger partial charge in [0.2, 0.25) is 0 Å². The van der Waals surface area contributed by atoms with E-state index in [9.17, 15) is 19.6 Å². The monoisotopic (exact) mass is 629 g/mol. The van der Waals surface area contributed by atoms with Crippen LogP contribution in [0.5, 0.6) is 0 Å². The highest BCUT2D eigenvalue weighted by Crippen LogP contribution is 2.36. The van der Waals surface area contributed by atoms with Gasteiger partial charge >= 0.3 is 5.97 Å². The zero-order chi connectivity index (χ0) is 31.4. The van der Waals surface area contributed by atoms with Crippen LogP contribution in [0.4, 0.5) is 5.82 Å². The lowest BCUT2D eigenvalue weighted by Gasteiger charge is -2.37. The number of carbonyl (C=O) groups excluding carboxylic acids is 1. The molecule has 236 valence electrons. The molecule has 0 aliphatic carbocycles. The van der Waals surface area contributed by atoms with Crippen molar-refractivity contribution in [1.29, 1.82) is 5.26 Å². The molecule has 1 amide bonds. The predicted molar refractivity (Wildman–Crippen MR) is 178 cm³/mol. The normalized spacial score (nSPS) is 16.8. The van der Waals surface area contributed by atoms with Gasteiger partial charge in [0.05, 0.1) is 4.91 Å². The second-order valence-corrected chi connectivity index (χ2v) is 13.1. The van der Waals surface area contributed by atoms with Gasteiger partial charge in [-0.1, -0.05) is 82.8 Å². The van der Waals surface area contributed by atoms with Gasteiger partial charge in [-0.2, -0.15) is 5.26 Å². The molecule has 0 radical (unpaired) electrons. The van der Waals surface area contributed by atoms with Crippen molar-refractivity contribution in [3.05, 3.63) is 31.9 Å². The summed E-state index contributed by atoms with van der Waals surface area (Å²) in [5, 5.41) is 18.7. The summed E-state index contributed by atoms with van der Waals surface area (Å²) in [7, 11) is 0. The summed E-state index contributed by atoms with van der Waals surface area (Å²) in [6.45, 7) is 11.5. The number of pyridine rings is 1. The number of anilines is 1. The third kappa shape index (κ3) is 9.40. The van der Waals surface area contributed by atoms with E-state index in [1.807, 2.05) is 13.0 Å². The minimum atomic E-state index is -0.727. The number of nitrogens with zero attached hydrogens (tertiary/aromatic N) is 5. The van der Waals surface area contributed by atoms with E-state index < -0.39 is 5.97 Å². The first-order valence-corrected chi connectivity index (χ1v) is 17.1. The maximum Gasteiger partial charge on any atom is 0.303 e. The summed E-state index contributed by atoms with van der Waals surface area (Å²) in [4.78, 5) is 44.5. The number of unbranched alkanes of at least 4 members (excludes halogenated alkanes) is 8. The fourth-order valence-corrected chi connectivity index (χ4v) is 7.01. The summed E-state index contributed by atoms with van der Waals surface area (Å²) in [5.41, 5.74) is 1.25. The minimum absolute atomic E-state index is 0.112. The third-order valence-corrected chi connectivity index (χ3v) is 9.75. The number of hydrogen-bond acceptors (Lipinski definition) is 8. The summed E-state index contributed by atoms with van der Waals surface area (Å²) in [5.74, 6) is -0.0344. The molecule has 3 heterocycles. The van der Waals surface area contributed by atoms with Gasteiger partial charge in [0, 0.05) is 51.3 Å². The van der Waals surface area contributed by atoms with Crippen molar-refractivity contribution < 1.29 is 14.7 Å². The van der Waals surface area contributed by atoms with Crippen LogP contribution < -0.4 is 10.5 Å². The van der Waals surface area contributed by atoms with Gasteiger partial charge in [-0.15, -0.1) is 0 Å². The van der Waals surface area contributed by atoms with E-state index in [1.165, 1.54) is 11.8 Å². The molecule has 3 rings (SSSR count). The molecule has 2 aliphatic rings. The number of carboxylic acid groups (broad SMARTS) is 1. The number of thioether (sulfide) groups is 1. The number of hydrogen-bond donors (Lipinski definition) is 1. The van der Waals surface area contributed by atoms with Crippen molar-refractivity contribution in [3.63, 3.8) is 0 Å². The Bertz CT molecular complexity index is 1280. The molecule has 0 saturated carbocycles. The second kappa shape index (κ2) is 17.6. The Balaban J connectivity index is 1.75. The van der Waals surface area contributed by atoms with Crippen LogP contribution in [-0.4, -0.2) is 74.9 Å². The van der Waals surface area contributed by atoms with Gasteiger partial charge in [0.15, 0.2) is 0 Å². The van der Waals surface area contributed by atoms with E-state index in [0.29, 0.717) is 27.9 Å². The van der Waals surface area contributed by atoms with Gasteiger partial charge in [-0.05, 0) is 44.4 Å². The number of piperazine rings is 1. The quantitative estimate of drug-likeness (QED) is 0.131. The van der Waals surface area contributed by atoms with Crippen LogP contribution in [0.15, 0.2) is 9.70 Å². The van der Waals surface area contributed by atoms with Crippen molar-refractivity contribution in [1.82, 2.24) is 14.4 Å². The van der Waals surface area contributed by atoms with E-state index in [0.717, 1.165) is 108 Å². The number of amides is 1. The summed E-state index contributed by atoms with van der Waals surface area (Å²) < 4.78 is 2.31. The van der Waals surface area contributed by atoms with Crippen LogP contribution >= 0.6 is 24.0 Å². The number of carbonyl (C=O) groups is 2. The molecule has 0 unspecified atom stereocenters. The van der Waals surface area contributed by atoms with E-state index in [1.54, 1.807) is 9.47 Å². The Morgan fingerprint density at radius 1 is 0.977 bits per heavy atom. The van der Waals surface area contributed by atoms with E-state index >= 15 is 0 Å². The highest BCUT2D eigenvalue weighted by Gasteiger charge is 2.33. The molecule has 0 spiro atoms. The van der Waals surface area contributed by atoms with Crippen LogP contribution in [0, 0.1) is 18.3 Å². The maximum absolute atomic E-state index is 13.5. The Morgan fingerprint density at radius 3 is 2.19 bits per heavy atom. The molecule has 11 heteroatoms. The second-order valence-electron chi connectivity index (χ2n) is 11.4. The average Bonchev–Trinajstić information content (AvgIpc) is 3.26. The highest BCUT2D eigenvalue weighted by molar-refractivity contribution is 8.26. The van der Waals surface area contributed by atoms with E-state index in [4.69, 9.17) is 17.3 Å². The topological polar surface area (TPSA) is 110 Å². The molecule has 9 nitrogen and oxygen atoms in total. The molecule has 2 saturated heterocycles. The van der Waals surface area contributed by atoms with Gasteiger partial charge in [0.25, 0.3) is 11.5 Å². The first-order valence-electron chi connectivity index (χ1n) is 15.8. The van der Waals surface area contributed by atoms with Crippen LogP contribution in [0.1, 0.15) is 101 Å². The van der Waals surface area contributed by atoms with Crippen LogP contribution in [0.25, 0.3) is 6.08 Å². The number of aliphatic carboxylic acids is 1. The molecule has 0 aromatic carbocycles. The van der Waals surface area contributed by atoms with Crippen molar-refractivity contribution in [2.24, 2.45) is 0 Å². The van der Waals surface area contributed by atoms with Crippen molar-refractivity contribution in [2.45, 2.75) is 97.9 Å². The van der Waals surface area contributed by atoms with Crippen LogP contribution in [0.3, 0.4) is 0 Å². The first-order chi connectivity index (χ1) is 20.7. The van der Waals surface area contributed by atoms with Crippen LogP contribution in [-0.2, 0) is 16.1 Å². The molecular weight excluding hydrogens is 583 g/mol. The standard InChI is InChI=1S/C32H47N5O4S2/c1-4-6-16-36-29(35-20-18-34(5-2)19-21-35)25(24(3)26(23-33)30(36)40)22-27-31(41)37(32(42)43-27)17-14-12-10-8-7-9-11-13-15-28(38)39/h22H,4-21H2,1-3H3,(H,38,39). The van der Waals surface area contributed by atoms with E-state index in [-0.39, 0.29) is 23.5 Å². The van der Waals surface area contributed by atoms with Crippen molar-refractivity contribution in [3.8, 4) is 6.07 Å². The molecule has 2 fully saturated rings. The highest BCUT2D eigenvalue weighted by atomic mass is 32.2. The lowest BCUT2D eigenvalue weighted by atomic mass is 10.0. The fourth-order valence-electron chi connectivity index (χ4n) is 5.72. The van der Waals surface area contributed by atoms with Gasteiger partial charge in [-0.3, -0.25) is 23.9 Å². The fraction of sp³-hybridized carbons (Fsp3) is 0.656. The number of aromatic nitrogens is 1. The Morgan fingerprint density at radius 2 is 1.60 bits per heavy atom. The molecule has 1 aromatic heterocycles. The Kier molecular flexibility index (Phi) is 14.2. The third-order valence-electron chi connectivity index (χ3n) is 8.37. The number of likely N-dealkylation sites (N-methyl/N-ethyl adjacent to an activating group) is 1. The Labute approximate surface area is 265 Å². The Hall–Kier alpha value is -2.68. The lowest BCUT2D eigenvalue weighted by Crippen LogP contribution is -2.48. The maximum atomic E-state index is 13.5. The molecule has 0 atom stereocenters. The van der Waals surface area contributed by atoms with Gasteiger partial charge in [0.1, 0.15) is 21.8 Å². The summed E-state index contributed by atoms with van der Waals surface area (Å²) in [6, 6.07) is 2.14. The smallest absolute Gasteiger partial charge is 0.303 e. The molecule has 43 heavy (non-hydrogen) atoms. The van der Waals surface area contributed by atoms with Crippen LogP contribution in [0.2, 0.25) is 0 Å². The summed E-state index contributed by atoms with van der Waals surface area (Å²) >= 11 is 6.92. The molecular formula is C32H47N5O4S2. The SMILES string of the molecule is CCCCn1c(N2CCN(CC)CC2)c(C=C2SC(=S)N(CCCCCCCCCCC(=O)O)C2=O)c(C)c(C#N)c1=O. The largest absolute Gasteiger partial charge is 0.481 e. The number of rotatable bonds is 17. The van der Waals surface area contributed by atoms with Crippen molar-refractivity contribution in [2.75, 3.05) is 44.2 Å². The van der Waals surface area contributed by atoms with Crippen molar-refractivity contribution >= 4 is 52.1 Å². The number of carboxylic acids is 1. The first kappa shape index (κ1) is 34.8. The summed E-state index contributed by atoms with van der Waals surface area (Å²) in [6.07, 6.45) is 11.8. The zero-order valence-corrected chi connectivity index (χ0v) is 27.7. The van der Waals surface area contributed by atoms with Gasteiger partial charge < -0.3 is 14.9 Å². The van der Waals surface area contributed by atoms with E-state index in [2.05, 4.69) is 29.7 Å². The van der Waals surface area contributed by atoms with Gasteiger partial charge in [-0.25, -0.2) is 0 Å². The number of thiocarbonyl (C=S) groups is 1. The molecule has 1 aromatic rings. The molecule has 1 N–H and O–H groups in total. The minimum Gasteiger partial charge on any atom is -0.481 e. The lowest BCUT2D eigenvalue weighted by molar-refractivity contribution is -0.137. The molecule has 0 bridgehead atoms. The average molecular weight is 630 g/mol. The number of nitriles is 1. The zero-order valence-electron chi connectivity index (χ0n) is 26.0. The molecule has 2 aliphatic heterocycles. The predicted octanol–water partition coefficient (Wildman–Crippen LogP) is 5.77.